The van der Waals surface area contributed by atoms with E-state index in [1.807, 2.05) is 37.3 Å². The highest BCUT2D eigenvalue weighted by Crippen LogP contribution is 2.21. The number of morpholine rings is 1. The average Bonchev–Trinajstić information content (AvgIpc) is 2.78. The van der Waals surface area contributed by atoms with Gasteiger partial charge in [0, 0.05) is 13.1 Å². The van der Waals surface area contributed by atoms with E-state index in [4.69, 9.17) is 9.47 Å². The van der Waals surface area contributed by atoms with Crippen LogP contribution < -0.4 is 5.32 Å². The van der Waals surface area contributed by atoms with Gasteiger partial charge < -0.3 is 14.8 Å². The molecule has 1 unspecified atom stereocenters. The van der Waals surface area contributed by atoms with E-state index in [-0.39, 0.29) is 29.6 Å². The van der Waals surface area contributed by atoms with Crippen molar-refractivity contribution in [2.75, 3.05) is 32.9 Å². The largest absolute Gasteiger partial charge is 0.452 e. The molecule has 0 saturated carbocycles. The van der Waals surface area contributed by atoms with E-state index in [0.717, 1.165) is 5.56 Å². The molecule has 3 rings (SSSR count). The van der Waals surface area contributed by atoms with Gasteiger partial charge in [-0.15, -0.1) is 0 Å². The summed E-state index contributed by atoms with van der Waals surface area (Å²) in [4.78, 5) is 24.7. The summed E-state index contributed by atoms with van der Waals surface area (Å²) >= 11 is 0. The Morgan fingerprint density at radius 1 is 1.13 bits per heavy atom. The monoisotopic (exact) mass is 446 g/mol. The van der Waals surface area contributed by atoms with Crippen molar-refractivity contribution < 1.29 is 27.5 Å². The summed E-state index contributed by atoms with van der Waals surface area (Å²) in [6.45, 7) is 4.23. The van der Waals surface area contributed by atoms with Gasteiger partial charge in [-0.05, 0) is 37.1 Å². The van der Waals surface area contributed by atoms with E-state index in [0.29, 0.717) is 18.8 Å². The van der Waals surface area contributed by atoms with Crippen LogP contribution in [0.5, 0.6) is 0 Å². The zero-order valence-electron chi connectivity index (χ0n) is 17.5. The van der Waals surface area contributed by atoms with Crippen molar-refractivity contribution in [3.05, 3.63) is 65.2 Å². The maximum absolute atomic E-state index is 12.8. The first-order valence-electron chi connectivity index (χ1n) is 9.99. The van der Waals surface area contributed by atoms with Crippen molar-refractivity contribution in [1.29, 1.82) is 0 Å². The first-order chi connectivity index (χ1) is 14.8. The molecule has 166 valence electrons. The number of hydrogen-bond donors (Lipinski definition) is 1. The lowest BCUT2D eigenvalue weighted by Crippen LogP contribution is -2.40. The van der Waals surface area contributed by atoms with Gasteiger partial charge in [-0.2, -0.15) is 4.31 Å². The second-order valence-electron chi connectivity index (χ2n) is 7.27. The number of benzene rings is 2. The third kappa shape index (κ3) is 5.69. The third-order valence-corrected chi connectivity index (χ3v) is 6.94. The van der Waals surface area contributed by atoms with Gasteiger partial charge >= 0.3 is 5.97 Å². The van der Waals surface area contributed by atoms with Crippen LogP contribution in [0.2, 0.25) is 0 Å². The molecule has 0 spiro atoms. The van der Waals surface area contributed by atoms with Gasteiger partial charge in [0.2, 0.25) is 10.0 Å². The van der Waals surface area contributed by atoms with Crippen LogP contribution in [-0.4, -0.2) is 57.5 Å². The number of sulfonamides is 1. The number of carbonyl (C=O) groups is 2. The Hall–Kier alpha value is -2.75. The highest BCUT2D eigenvalue weighted by molar-refractivity contribution is 7.89. The quantitative estimate of drug-likeness (QED) is 0.653. The number of ether oxygens (including phenoxy) is 2. The number of esters is 1. The first-order valence-corrected chi connectivity index (χ1v) is 11.4. The molecule has 1 aliphatic heterocycles. The SMILES string of the molecule is Cc1ccc(S(=O)(=O)N2CCOCC2)cc1C(=O)OCC(=O)NC(C)c1ccccc1. The van der Waals surface area contributed by atoms with Crippen LogP contribution in [0.1, 0.15) is 34.5 Å². The molecule has 0 aliphatic carbocycles. The zero-order chi connectivity index (χ0) is 22.4. The summed E-state index contributed by atoms with van der Waals surface area (Å²) < 4.78 is 37.4. The van der Waals surface area contributed by atoms with Crippen LogP contribution in [-0.2, 0) is 24.3 Å². The van der Waals surface area contributed by atoms with Gasteiger partial charge in [0.25, 0.3) is 5.91 Å². The van der Waals surface area contributed by atoms with E-state index < -0.39 is 28.5 Å². The summed E-state index contributed by atoms with van der Waals surface area (Å²) in [5.41, 5.74) is 1.60. The van der Waals surface area contributed by atoms with E-state index in [9.17, 15) is 18.0 Å². The molecule has 0 aromatic heterocycles. The van der Waals surface area contributed by atoms with Gasteiger partial charge in [0.15, 0.2) is 6.61 Å². The highest BCUT2D eigenvalue weighted by Gasteiger charge is 2.27. The number of nitrogens with one attached hydrogen (secondary N) is 1. The van der Waals surface area contributed by atoms with E-state index >= 15 is 0 Å². The number of aryl methyl sites for hydroxylation is 1. The Kier molecular flexibility index (Phi) is 7.42. The van der Waals surface area contributed by atoms with E-state index in [1.165, 1.54) is 16.4 Å². The summed E-state index contributed by atoms with van der Waals surface area (Å²) in [7, 11) is -3.75. The van der Waals surface area contributed by atoms with Crippen molar-refractivity contribution >= 4 is 21.9 Å². The Morgan fingerprint density at radius 3 is 2.48 bits per heavy atom. The lowest BCUT2D eigenvalue weighted by Gasteiger charge is -2.26. The fraction of sp³-hybridized carbons (Fsp3) is 0.364. The van der Waals surface area contributed by atoms with Crippen molar-refractivity contribution in [2.24, 2.45) is 0 Å². The maximum Gasteiger partial charge on any atom is 0.338 e. The predicted molar refractivity (Wildman–Crippen MR) is 114 cm³/mol. The number of rotatable bonds is 7. The third-order valence-electron chi connectivity index (χ3n) is 5.05. The summed E-state index contributed by atoms with van der Waals surface area (Å²) in [6, 6.07) is 13.5. The zero-order valence-corrected chi connectivity index (χ0v) is 18.4. The standard InChI is InChI=1S/C22H26N2O6S/c1-16-8-9-19(31(27,28)24-10-12-29-13-11-24)14-20(16)22(26)30-15-21(25)23-17(2)18-6-4-3-5-7-18/h3-9,14,17H,10-13,15H2,1-2H3,(H,23,25). The normalized spacial score (nSPS) is 15.8. The molecule has 8 nitrogen and oxygen atoms in total. The van der Waals surface area contributed by atoms with Crippen LogP contribution in [0.4, 0.5) is 0 Å². The van der Waals surface area contributed by atoms with Gasteiger partial charge in [-0.1, -0.05) is 36.4 Å². The van der Waals surface area contributed by atoms with Crippen LogP contribution in [0.15, 0.2) is 53.4 Å². The minimum atomic E-state index is -3.75. The molecular formula is C22H26N2O6S. The summed E-state index contributed by atoms with van der Waals surface area (Å²) in [5, 5.41) is 2.77. The molecule has 2 aromatic carbocycles. The smallest absolute Gasteiger partial charge is 0.338 e. The maximum atomic E-state index is 12.8. The second kappa shape index (κ2) is 10.0. The minimum absolute atomic E-state index is 0.00843. The molecule has 1 fully saturated rings. The molecule has 0 bridgehead atoms. The first kappa shape index (κ1) is 22.9. The Balaban J connectivity index is 1.65. The average molecular weight is 447 g/mol. The van der Waals surface area contributed by atoms with Crippen molar-refractivity contribution in [3.8, 4) is 0 Å². The second-order valence-corrected chi connectivity index (χ2v) is 9.21. The van der Waals surface area contributed by atoms with Crippen LogP contribution in [0, 0.1) is 6.92 Å². The predicted octanol–water partition coefficient (Wildman–Crippen LogP) is 2.05. The lowest BCUT2D eigenvalue weighted by atomic mass is 10.1. The minimum Gasteiger partial charge on any atom is -0.452 e. The molecule has 0 radical (unpaired) electrons. The van der Waals surface area contributed by atoms with Gasteiger partial charge in [-0.25, -0.2) is 13.2 Å². The number of hydrogen-bond acceptors (Lipinski definition) is 6. The fourth-order valence-electron chi connectivity index (χ4n) is 3.23. The lowest BCUT2D eigenvalue weighted by molar-refractivity contribution is -0.124. The molecule has 2 aromatic rings. The molecule has 1 saturated heterocycles. The molecule has 1 aliphatic rings. The van der Waals surface area contributed by atoms with E-state index in [2.05, 4.69) is 5.32 Å². The molecule has 9 heteroatoms. The molecular weight excluding hydrogens is 420 g/mol. The van der Waals surface area contributed by atoms with Crippen LogP contribution >= 0.6 is 0 Å². The van der Waals surface area contributed by atoms with Gasteiger partial charge in [0.05, 0.1) is 29.7 Å². The van der Waals surface area contributed by atoms with Crippen molar-refractivity contribution in [2.45, 2.75) is 24.8 Å². The molecule has 1 N–H and O–H groups in total. The summed E-state index contributed by atoms with van der Waals surface area (Å²) in [5.74, 6) is -1.20. The van der Waals surface area contributed by atoms with Crippen LogP contribution in [0.3, 0.4) is 0 Å². The van der Waals surface area contributed by atoms with E-state index in [1.54, 1.807) is 13.0 Å². The molecule has 1 amide bonds. The Bertz CT molecular complexity index is 1030. The van der Waals surface area contributed by atoms with Crippen molar-refractivity contribution in [3.63, 3.8) is 0 Å². The summed E-state index contributed by atoms with van der Waals surface area (Å²) in [6.07, 6.45) is 0. The highest BCUT2D eigenvalue weighted by atomic mass is 32.2. The fourth-order valence-corrected chi connectivity index (χ4v) is 4.67. The van der Waals surface area contributed by atoms with Crippen molar-refractivity contribution in [1.82, 2.24) is 9.62 Å². The number of nitrogens with zero attached hydrogens (tertiary/aromatic N) is 1. The van der Waals surface area contributed by atoms with Gasteiger partial charge in [0.1, 0.15) is 0 Å². The topological polar surface area (TPSA) is 102 Å². The molecule has 1 heterocycles. The Morgan fingerprint density at radius 2 is 1.81 bits per heavy atom. The van der Waals surface area contributed by atoms with Crippen LogP contribution in [0.25, 0.3) is 0 Å². The molecule has 31 heavy (non-hydrogen) atoms. The molecule has 1 atom stereocenters. The number of carbonyl (C=O) groups excluding carboxylic acids is 2. The number of amides is 1. The van der Waals surface area contributed by atoms with Gasteiger partial charge in [-0.3, -0.25) is 4.79 Å². The Labute approximate surface area is 182 Å².